The quantitative estimate of drug-likeness (QED) is 0.721. The maximum Gasteiger partial charge on any atom is 0.337 e. The van der Waals surface area contributed by atoms with Gasteiger partial charge < -0.3 is 5.11 Å². The highest BCUT2D eigenvalue weighted by Crippen LogP contribution is 2.31. The molecular formula is C13H13BrClNO4S. The van der Waals surface area contributed by atoms with Crippen LogP contribution in [0.5, 0.6) is 0 Å². The van der Waals surface area contributed by atoms with E-state index < -0.39 is 16.0 Å². The van der Waals surface area contributed by atoms with Crippen LogP contribution >= 0.6 is 27.5 Å². The Morgan fingerprint density at radius 2 is 1.86 bits per heavy atom. The van der Waals surface area contributed by atoms with Gasteiger partial charge in [-0.2, -0.15) is 4.31 Å². The van der Waals surface area contributed by atoms with Gasteiger partial charge in [0.1, 0.15) is 0 Å². The molecule has 0 saturated heterocycles. The van der Waals surface area contributed by atoms with Gasteiger partial charge in [0.2, 0.25) is 10.0 Å². The van der Waals surface area contributed by atoms with E-state index in [1.165, 1.54) is 18.2 Å². The third-order valence-electron chi connectivity index (χ3n) is 2.54. The van der Waals surface area contributed by atoms with Crippen molar-refractivity contribution < 1.29 is 18.3 Å². The number of halogens is 2. The molecule has 0 saturated carbocycles. The van der Waals surface area contributed by atoms with Gasteiger partial charge >= 0.3 is 5.97 Å². The summed E-state index contributed by atoms with van der Waals surface area (Å²) >= 11 is 8.91. The number of carboxylic acids is 1. The molecule has 0 unspecified atom stereocenters. The van der Waals surface area contributed by atoms with Crippen LogP contribution in [-0.4, -0.2) is 36.9 Å². The molecule has 0 aliphatic rings. The van der Waals surface area contributed by atoms with Gasteiger partial charge in [0.25, 0.3) is 0 Å². The van der Waals surface area contributed by atoms with Gasteiger partial charge in [-0.05, 0) is 28.1 Å². The molecule has 0 amide bonds. The zero-order valence-corrected chi connectivity index (χ0v) is 14.1. The maximum absolute atomic E-state index is 12.5. The Labute approximate surface area is 136 Å². The molecule has 1 rings (SSSR count). The van der Waals surface area contributed by atoms with E-state index in [1.54, 1.807) is 0 Å². The summed E-state index contributed by atoms with van der Waals surface area (Å²) in [5.41, 5.74) is -0.290. The molecule has 0 bridgehead atoms. The smallest absolute Gasteiger partial charge is 0.337 e. The maximum atomic E-state index is 12.5. The second-order valence-corrected chi connectivity index (χ2v) is 7.14. The number of rotatable bonds is 7. The third kappa shape index (κ3) is 3.94. The fourth-order valence-electron chi connectivity index (χ4n) is 1.58. The van der Waals surface area contributed by atoms with Crippen molar-refractivity contribution >= 4 is 43.5 Å². The first-order valence-corrected chi connectivity index (χ1v) is 8.31. The fourth-order valence-corrected chi connectivity index (χ4v) is 3.81. The van der Waals surface area contributed by atoms with Crippen molar-refractivity contribution in [3.05, 3.63) is 52.5 Å². The number of carbonyl (C=O) groups is 1. The monoisotopic (exact) mass is 393 g/mol. The molecule has 1 aromatic carbocycles. The average Bonchev–Trinajstić information content (AvgIpc) is 2.40. The van der Waals surface area contributed by atoms with Crippen LogP contribution in [0, 0.1) is 0 Å². The Hall–Kier alpha value is -1.15. The topological polar surface area (TPSA) is 74.7 Å². The number of hydrogen-bond donors (Lipinski definition) is 1. The third-order valence-corrected chi connectivity index (χ3v) is 5.61. The average molecular weight is 395 g/mol. The van der Waals surface area contributed by atoms with Crippen LogP contribution in [0.4, 0.5) is 0 Å². The molecule has 21 heavy (non-hydrogen) atoms. The molecule has 0 atom stereocenters. The molecule has 1 N–H and O–H groups in total. The van der Waals surface area contributed by atoms with Gasteiger partial charge in [-0.25, -0.2) is 13.2 Å². The van der Waals surface area contributed by atoms with Crippen molar-refractivity contribution in [3.63, 3.8) is 0 Å². The van der Waals surface area contributed by atoms with E-state index in [2.05, 4.69) is 29.1 Å². The van der Waals surface area contributed by atoms with Gasteiger partial charge in [0, 0.05) is 17.6 Å². The number of benzene rings is 1. The van der Waals surface area contributed by atoms with Gasteiger partial charge in [-0.15, -0.1) is 13.2 Å². The molecule has 114 valence electrons. The molecule has 0 radical (unpaired) electrons. The van der Waals surface area contributed by atoms with Crippen LogP contribution in [-0.2, 0) is 10.0 Å². The summed E-state index contributed by atoms with van der Waals surface area (Å²) in [7, 11) is -3.88. The standard InChI is InChI=1S/C13H13BrClNO4S/c1-3-5-16(6-4-2)21(19,20)9-7-10(13(17)18)12(15)11(14)8-9/h3-4,7-8H,1-2,5-6H2,(H,17,18). The Morgan fingerprint density at radius 3 is 2.29 bits per heavy atom. The van der Waals surface area contributed by atoms with Crippen molar-refractivity contribution in [2.45, 2.75) is 4.90 Å². The Bertz CT molecular complexity index is 678. The number of aromatic carboxylic acids is 1. The Balaban J connectivity index is 3.46. The summed E-state index contributed by atoms with van der Waals surface area (Å²) in [6.45, 7) is 7.17. The van der Waals surface area contributed by atoms with Crippen molar-refractivity contribution in [1.29, 1.82) is 0 Å². The summed E-state index contributed by atoms with van der Waals surface area (Å²) in [6.07, 6.45) is 2.87. The summed E-state index contributed by atoms with van der Waals surface area (Å²) in [5, 5.41) is 9.02. The van der Waals surface area contributed by atoms with Crippen molar-refractivity contribution in [2.24, 2.45) is 0 Å². The predicted octanol–water partition coefficient (Wildman–Crippen LogP) is 3.16. The molecule has 0 fully saturated rings. The molecule has 8 heteroatoms. The molecule has 0 aliphatic carbocycles. The Morgan fingerprint density at radius 1 is 1.33 bits per heavy atom. The zero-order chi connectivity index (χ0) is 16.2. The summed E-state index contributed by atoms with van der Waals surface area (Å²) < 4.78 is 26.4. The molecule has 0 aromatic heterocycles. The first kappa shape index (κ1) is 17.9. The second kappa shape index (κ2) is 7.22. The minimum Gasteiger partial charge on any atom is -0.478 e. The summed E-state index contributed by atoms with van der Waals surface area (Å²) in [6, 6.07) is 2.30. The largest absolute Gasteiger partial charge is 0.478 e. The zero-order valence-electron chi connectivity index (χ0n) is 10.9. The van der Waals surface area contributed by atoms with Crippen LogP contribution in [0.15, 0.2) is 46.8 Å². The summed E-state index contributed by atoms with van der Waals surface area (Å²) in [5.74, 6) is -1.31. The van der Waals surface area contributed by atoms with E-state index in [9.17, 15) is 13.2 Å². The van der Waals surface area contributed by atoms with E-state index in [-0.39, 0.29) is 33.0 Å². The SMILES string of the molecule is C=CCN(CC=C)S(=O)(=O)c1cc(Br)c(Cl)c(C(=O)O)c1. The first-order chi connectivity index (χ1) is 9.75. The number of sulfonamides is 1. The van der Waals surface area contributed by atoms with E-state index in [0.29, 0.717) is 0 Å². The number of nitrogens with zero attached hydrogens (tertiary/aromatic N) is 1. The predicted molar refractivity (Wildman–Crippen MR) is 85.3 cm³/mol. The fraction of sp³-hybridized carbons (Fsp3) is 0.154. The number of hydrogen-bond acceptors (Lipinski definition) is 3. The van der Waals surface area contributed by atoms with Crippen molar-refractivity contribution in [3.8, 4) is 0 Å². The minimum absolute atomic E-state index is 0.0551. The van der Waals surface area contributed by atoms with Crippen LogP contribution in [0.1, 0.15) is 10.4 Å². The lowest BCUT2D eigenvalue weighted by atomic mass is 10.2. The van der Waals surface area contributed by atoms with Crippen LogP contribution in [0.3, 0.4) is 0 Å². The highest BCUT2D eigenvalue weighted by atomic mass is 79.9. The molecule has 5 nitrogen and oxygen atoms in total. The van der Waals surface area contributed by atoms with Gasteiger partial charge in [0.05, 0.1) is 15.5 Å². The normalized spacial score (nSPS) is 11.4. The molecule has 0 aliphatic heterocycles. The molecule has 0 heterocycles. The molecule has 0 spiro atoms. The molecule has 1 aromatic rings. The first-order valence-electron chi connectivity index (χ1n) is 5.70. The second-order valence-electron chi connectivity index (χ2n) is 3.97. The lowest BCUT2D eigenvalue weighted by Crippen LogP contribution is -2.31. The van der Waals surface area contributed by atoms with E-state index in [4.69, 9.17) is 16.7 Å². The van der Waals surface area contributed by atoms with Gasteiger partial charge in [-0.1, -0.05) is 23.8 Å². The highest BCUT2D eigenvalue weighted by molar-refractivity contribution is 9.10. The van der Waals surface area contributed by atoms with Crippen molar-refractivity contribution in [2.75, 3.05) is 13.1 Å². The Kier molecular flexibility index (Phi) is 6.15. The van der Waals surface area contributed by atoms with Gasteiger partial charge in [0.15, 0.2) is 0 Å². The van der Waals surface area contributed by atoms with Crippen molar-refractivity contribution in [1.82, 2.24) is 4.31 Å². The van der Waals surface area contributed by atoms with E-state index >= 15 is 0 Å². The highest BCUT2D eigenvalue weighted by Gasteiger charge is 2.25. The van der Waals surface area contributed by atoms with Crippen LogP contribution in [0.25, 0.3) is 0 Å². The van der Waals surface area contributed by atoms with E-state index in [0.717, 1.165) is 10.4 Å². The lowest BCUT2D eigenvalue weighted by Gasteiger charge is -2.19. The minimum atomic E-state index is -3.88. The van der Waals surface area contributed by atoms with E-state index in [1.807, 2.05) is 0 Å². The summed E-state index contributed by atoms with van der Waals surface area (Å²) in [4.78, 5) is 11.0. The lowest BCUT2D eigenvalue weighted by molar-refractivity contribution is 0.0696. The van der Waals surface area contributed by atoms with Crippen LogP contribution < -0.4 is 0 Å². The van der Waals surface area contributed by atoms with Crippen LogP contribution in [0.2, 0.25) is 5.02 Å². The molecular weight excluding hydrogens is 382 g/mol. The van der Waals surface area contributed by atoms with Gasteiger partial charge in [-0.3, -0.25) is 0 Å². The number of carboxylic acid groups (broad SMARTS) is 1.